The summed E-state index contributed by atoms with van der Waals surface area (Å²) in [6.07, 6.45) is 0.0285. The number of carbonyl (C=O) groups is 2. The Bertz CT molecular complexity index is 583. The summed E-state index contributed by atoms with van der Waals surface area (Å²) in [6, 6.07) is 8.67. The third kappa shape index (κ3) is 2.97. The number of amidine groups is 1. The molecule has 0 unspecified atom stereocenters. The van der Waals surface area contributed by atoms with E-state index in [9.17, 15) is 9.59 Å². The van der Waals surface area contributed by atoms with Gasteiger partial charge in [0, 0.05) is 6.42 Å². The first-order chi connectivity index (χ1) is 9.49. The minimum absolute atomic E-state index is 0.0285. The molecule has 1 aliphatic heterocycles. The number of aliphatic imine (C=N–C) groups is 1. The van der Waals surface area contributed by atoms with E-state index in [2.05, 4.69) is 4.99 Å². The average molecular weight is 291 g/mol. The topological polar surface area (TPSA) is 126 Å². The van der Waals surface area contributed by atoms with Crippen LogP contribution in [-0.4, -0.2) is 28.2 Å². The Balaban J connectivity index is 2.14. The van der Waals surface area contributed by atoms with Gasteiger partial charge in [-0.1, -0.05) is 30.0 Å². The summed E-state index contributed by atoms with van der Waals surface area (Å²) in [5, 5.41) is 6.69. The second-order valence-corrected chi connectivity index (χ2v) is 5.25. The molecule has 0 aromatic heterocycles. The van der Waals surface area contributed by atoms with Crippen LogP contribution in [0.2, 0.25) is 0 Å². The molecule has 0 radical (unpaired) electrons. The Morgan fingerprint density at radius 1 is 1.30 bits per heavy atom. The van der Waals surface area contributed by atoms with E-state index in [1.54, 1.807) is 30.3 Å². The minimum atomic E-state index is -0.668. The van der Waals surface area contributed by atoms with Gasteiger partial charge in [-0.3, -0.25) is 15.0 Å². The fourth-order valence-electron chi connectivity index (χ4n) is 1.82. The predicted molar refractivity (Wildman–Crippen MR) is 78.5 cm³/mol. The van der Waals surface area contributed by atoms with Gasteiger partial charge in [-0.05, 0) is 12.1 Å². The molecule has 1 atom stereocenters. The van der Waals surface area contributed by atoms with Crippen LogP contribution >= 0.6 is 11.8 Å². The number of nitrogens with one attached hydrogen (secondary N) is 1. The Morgan fingerprint density at radius 2 is 1.95 bits per heavy atom. The molecular weight excluding hydrogens is 278 g/mol. The summed E-state index contributed by atoms with van der Waals surface area (Å²) >= 11 is 0.870. The zero-order valence-corrected chi connectivity index (χ0v) is 11.3. The van der Waals surface area contributed by atoms with Crippen molar-refractivity contribution in [1.29, 1.82) is 5.41 Å². The van der Waals surface area contributed by atoms with E-state index >= 15 is 0 Å². The highest BCUT2D eigenvalue weighted by molar-refractivity contribution is 8.14. The molecule has 1 aliphatic rings. The number of nitrogens with two attached hydrogens (primary N) is 2. The summed E-state index contributed by atoms with van der Waals surface area (Å²) in [4.78, 5) is 28.8. The number of guanidine groups is 1. The molecule has 1 fully saturated rings. The van der Waals surface area contributed by atoms with Gasteiger partial charge >= 0.3 is 0 Å². The second-order valence-electron chi connectivity index (χ2n) is 4.06. The van der Waals surface area contributed by atoms with Gasteiger partial charge in [0.1, 0.15) is 5.25 Å². The number of para-hydroxylation sites is 1. The molecule has 0 saturated carbocycles. The first kappa shape index (κ1) is 14.1. The number of amides is 2. The highest BCUT2D eigenvalue weighted by Crippen LogP contribution is 2.29. The molecule has 2 amide bonds. The Labute approximate surface area is 119 Å². The van der Waals surface area contributed by atoms with Crippen molar-refractivity contribution in [3.05, 3.63) is 30.3 Å². The predicted octanol–water partition coefficient (Wildman–Crippen LogP) is 0.260. The van der Waals surface area contributed by atoms with Crippen molar-refractivity contribution < 1.29 is 9.59 Å². The van der Waals surface area contributed by atoms with Crippen LogP contribution in [0.15, 0.2) is 35.3 Å². The van der Waals surface area contributed by atoms with Gasteiger partial charge < -0.3 is 11.5 Å². The Morgan fingerprint density at radius 3 is 2.55 bits per heavy atom. The van der Waals surface area contributed by atoms with Crippen molar-refractivity contribution in [3.63, 3.8) is 0 Å². The summed E-state index contributed by atoms with van der Waals surface area (Å²) in [5.74, 6) is -0.905. The molecular formula is C12H13N5O2S. The maximum absolute atomic E-state index is 12.2. The first-order valence-electron chi connectivity index (χ1n) is 5.75. The Hall–Kier alpha value is -2.35. The van der Waals surface area contributed by atoms with E-state index in [1.165, 1.54) is 0 Å². The van der Waals surface area contributed by atoms with Crippen LogP contribution in [0.5, 0.6) is 0 Å². The van der Waals surface area contributed by atoms with E-state index in [-0.39, 0.29) is 29.4 Å². The summed E-state index contributed by atoms with van der Waals surface area (Å²) in [7, 11) is 0. The lowest BCUT2D eigenvalue weighted by Gasteiger charge is -2.14. The Kier molecular flexibility index (Phi) is 4.04. The van der Waals surface area contributed by atoms with E-state index in [1.807, 2.05) is 0 Å². The number of imide groups is 1. The zero-order chi connectivity index (χ0) is 14.7. The number of rotatable bonds is 2. The van der Waals surface area contributed by atoms with Gasteiger partial charge in [-0.15, -0.1) is 0 Å². The quantitative estimate of drug-likeness (QED) is 0.409. The minimum Gasteiger partial charge on any atom is -0.370 e. The van der Waals surface area contributed by atoms with Crippen LogP contribution in [0.1, 0.15) is 6.42 Å². The number of anilines is 1. The van der Waals surface area contributed by atoms with Crippen molar-refractivity contribution in [2.24, 2.45) is 16.5 Å². The SMILES string of the molecule is N=C(N=C(N)N)S[C@@H]1CC(=O)N(c2ccccc2)C1=O. The second kappa shape index (κ2) is 5.74. The van der Waals surface area contributed by atoms with Crippen molar-refractivity contribution in [3.8, 4) is 0 Å². The molecule has 5 N–H and O–H groups in total. The molecule has 8 heteroatoms. The molecule has 1 aromatic rings. The van der Waals surface area contributed by atoms with Crippen LogP contribution in [0.4, 0.5) is 5.69 Å². The molecule has 0 spiro atoms. The van der Waals surface area contributed by atoms with E-state index < -0.39 is 5.25 Å². The fraction of sp³-hybridized carbons (Fsp3) is 0.167. The lowest BCUT2D eigenvalue weighted by molar-refractivity contribution is -0.121. The fourth-order valence-corrected chi connectivity index (χ4v) is 2.68. The van der Waals surface area contributed by atoms with E-state index in [0.717, 1.165) is 16.7 Å². The largest absolute Gasteiger partial charge is 0.370 e. The van der Waals surface area contributed by atoms with Gasteiger partial charge in [0.25, 0.3) is 0 Å². The molecule has 2 rings (SSSR count). The molecule has 1 heterocycles. The van der Waals surface area contributed by atoms with Crippen molar-refractivity contribution >= 4 is 40.4 Å². The lowest BCUT2D eigenvalue weighted by atomic mass is 10.3. The van der Waals surface area contributed by atoms with Crippen molar-refractivity contribution in [2.75, 3.05) is 4.90 Å². The van der Waals surface area contributed by atoms with Gasteiger partial charge in [0.05, 0.1) is 5.69 Å². The summed E-state index contributed by atoms with van der Waals surface area (Å²) in [5.41, 5.74) is 10.8. The highest BCUT2D eigenvalue weighted by Gasteiger charge is 2.40. The molecule has 1 saturated heterocycles. The number of hydrogen-bond acceptors (Lipinski definition) is 4. The number of thioether (sulfide) groups is 1. The van der Waals surface area contributed by atoms with Crippen LogP contribution in [-0.2, 0) is 9.59 Å². The van der Waals surface area contributed by atoms with Gasteiger partial charge in [0.15, 0.2) is 11.1 Å². The molecule has 0 aliphatic carbocycles. The third-order valence-electron chi connectivity index (χ3n) is 2.60. The van der Waals surface area contributed by atoms with Gasteiger partial charge in [-0.2, -0.15) is 4.99 Å². The zero-order valence-electron chi connectivity index (χ0n) is 10.4. The third-order valence-corrected chi connectivity index (χ3v) is 3.57. The maximum atomic E-state index is 12.2. The number of hydrogen-bond donors (Lipinski definition) is 3. The number of carbonyl (C=O) groups excluding carboxylic acids is 2. The molecule has 104 valence electrons. The average Bonchev–Trinajstić information content (AvgIpc) is 2.64. The van der Waals surface area contributed by atoms with E-state index in [0.29, 0.717) is 5.69 Å². The lowest BCUT2D eigenvalue weighted by Crippen LogP contribution is -2.31. The van der Waals surface area contributed by atoms with Crippen LogP contribution < -0.4 is 16.4 Å². The molecule has 20 heavy (non-hydrogen) atoms. The van der Waals surface area contributed by atoms with Crippen molar-refractivity contribution in [1.82, 2.24) is 0 Å². The van der Waals surface area contributed by atoms with Crippen molar-refractivity contribution in [2.45, 2.75) is 11.7 Å². The highest BCUT2D eigenvalue weighted by atomic mass is 32.2. The number of nitrogens with zero attached hydrogens (tertiary/aromatic N) is 2. The van der Waals surface area contributed by atoms with Crippen LogP contribution in [0.3, 0.4) is 0 Å². The maximum Gasteiger partial charge on any atom is 0.247 e. The molecule has 0 bridgehead atoms. The smallest absolute Gasteiger partial charge is 0.247 e. The van der Waals surface area contributed by atoms with Gasteiger partial charge in [-0.25, -0.2) is 4.90 Å². The molecule has 7 nitrogen and oxygen atoms in total. The standard InChI is InChI=1S/C12H13N5O2S/c13-11(14)16-12(15)20-8-6-9(18)17(10(8)19)7-4-2-1-3-5-7/h1-5,8H,6H2,(H5,13,14,15,16)/t8-/m1/s1. The first-order valence-corrected chi connectivity index (χ1v) is 6.63. The summed E-state index contributed by atoms with van der Waals surface area (Å²) < 4.78 is 0. The normalized spacial score (nSPS) is 18.2. The van der Waals surface area contributed by atoms with Crippen LogP contribution in [0.25, 0.3) is 0 Å². The monoisotopic (exact) mass is 291 g/mol. The number of benzene rings is 1. The molecule has 1 aromatic carbocycles. The summed E-state index contributed by atoms with van der Waals surface area (Å²) in [6.45, 7) is 0. The van der Waals surface area contributed by atoms with E-state index in [4.69, 9.17) is 16.9 Å². The van der Waals surface area contributed by atoms with Crippen LogP contribution in [0, 0.1) is 5.41 Å². The van der Waals surface area contributed by atoms with Gasteiger partial charge in [0.2, 0.25) is 11.8 Å².